The number of carboxylic acids is 1. The summed E-state index contributed by atoms with van der Waals surface area (Å²) in [6.07, 6.45) is -0.0176. The average Bonchev–Trinajstić information content (AvgIpc) is 2.92. The highest BCUT2D eigenvalue weighted by molar-refractivity contribution is 6.35. The van der Waals surface area contributed by atoms with Crippen molar-refractivity contribution in [2.75, 3.05) is 13.1 Å². The summed E-state index contributed by atoms with van der Waals surface area (Å²) in [4.78, 5) is 27.6. The summed E-state index contributed by atoms with van der Waals surface area (Å²) in [6.45, 7) is 4.93. The second-order valence-corrected chi connectivity index (χ2v) is 7.89. The summed E-state index contributed by atoms with van der Waals surface area (Å²) in [5.41, 5.74) is 2.32. The molecule has 2 amide bonds. The molecule has 0 saturated carbocycles. The zero-order valence-corrected chi connectivity index (χ0v) is 17.1. The minimum absolute atomic E-state index is 0.0176. The van der Waals surface area contributed by atoms with E-state index in [-0.39, 0.29) is 24.9 Å². The van der Waals surface area contributed by atoms with Gasteiger partial charge in [0.1, 0.15) is 5.76 Å². The zero-order valence-electron chi connectivity index (χ0n) is 15.6. The molecule has 1 N–H and O–H groups in total. The lowest BCUT2D eigenvalue weighted by Crippen LogP contribution is -2.53. The molecule has 2 aromatic rings. The van der Waals surface area contributed by atoms with Gasteiger partial charge in [-0.3, -0.25) is 4.79 Å². The molecule has 2 heterocycles. The molecule has 7 nitrogen and oxygen atoms in total. The van der Waals surface area contributed by atoms with Crippen molar-refractivity contribution in [2.24, 2.45) is 5.92 Å². The van der Waals surface area contributed by atoms with Gasteiger partial charge in [-0.15, -0.1) is 0 Å². The fourth-order valence-corrected chi connectivity index (χ4v) is 3.92. The van der Waals surface area contributed by atoms with Crippen LogP contribution in [0.2, 0.25) is 10.0 Å². The van der Waals surface area contributed by atoms with Crippen LogP contribution in [0.15, 0.2) is 22.7 Å². The molecule has 1 unspecified atom stereocenters. The molecule has 3 rings (SSSR count). The maximum absolute atomic E-state index is 13.1. The highest BCUT2D eigenvalue weighted by Gasteiger charge is 2.34. The highest BCUT2D eigenvalue weighted by atomic mass is 35.5. The first-order valence-corrected chi connectivity index (χ1v) is 9.61. The number of amides is 2. The number of carbonyl (C=O) groups is 2. The summed E-state index contributed by atoms with van der Waals surface area (Å²) in [7, 11) is 0. The van der Waals surface area contributed by atoms with Gasteiger partial charge in [0.15, 0.2) is 0 Å². The second-order valence-electron chi connectivity index (χ2n) is 7.05. The van der Waals surface area contributed by atoms with Gasteiger partial charge in [-0.2, -0.15) is 0 Å². The highest BCUT2D eigenvalue weighted by Crippen LogP contribution is 2.27. The maximum atomic E-state index is 13.1. The van der Waals surface area contributed by atoms with E-state index in [1.54, 1.807) is 34.9 Å². The fraction of sp³-hybridized carbons (Fsp3) is 0.421. The van der Waals surface area contributed by atoms with E-state index < -0.39 is 5.97 Å². The summed E-state index contributed by atoms with van der Waals surface area (Å²) >= 11 is 12.2. The van der Waals surface area contributed by atoms with Crippen LogP contribution in [0.1, 0.15) is 29.0 Å². The number of rotatable bonds is 6. The molecule has 1 saturated heterocycles. The zero-order chi connectivity index (χ0) is 20.4. The Morgan fingerprint density at radius 3 is 2.50 bits per heavy atom. The maximum Gasteiger partial charge on any atom is 0.320 e. The Balaban J connectivity index is 1.83. The van der Waals surface area contributed by atoms with Crippen molar-refractivity contribution in [3.63, 3.8) is 0 Å². The van der Waals surface area contributed by atoms with Gasteiger partial charge >= 0.3 is 12.0 Å². The number of nitrogens with zero attached hydrogens (tertiary/aromatic N) is 3. The average molecular weight is 426 g/mol. The van der Waals surface area contributed by atoms with Crippen LogP contribution in [0.4, 0.5) is 4.79 Å². The smallest absolute Gasteiger partial charge is 0.320 e. The number of carboxylic acid groups (broad SMARTS) is 1. The number of aromatic nitrogens is 1. The second kappa shape index (κ2) is 8.41. The Hall–Kier alpha value is -2.25. The molecule has 0 spiro atoms. The molecule has 1 aromatic carbocycles. The number of hydrogen-bond donors (Lipinski definition) is 1. The molecular weight excluding hydrogens is 405 g/mol. The summed E-state index contributed by atoms with van der Waals surface area (Å²) < 4.78 is 5.19. The SMILES string of the molecule is Cc1noc(C)c1CN1CC(CC(=O)O)CN(Cc2ccc(Cl)cc2Cl)C1=O. The predicted molar refractivity (Wildman–Crippen MR) is 104 cm³/mol. The van der Waals surface area contributed by atoms with E-state index in [4.69, 9.17) is 27.7 Å². The molecule has 28 heavy (non-hydrogen) atoms. The van der Waals surface area contributed by atoms with E-state index in [9.17, 15) is 14.7 Å². The van der Waals surface area contributed by atoms with Crippen LogP contribution in [0.3, 0.4) is 0 Å². The molecule has 1 aliphatic heterocycles. The van der Waals surface area contributed by atoms with Gasteiger partial charge in [-0.05, 0) is 31.5 Å². The first kappa shape index (κ1) is 20.5. The van der Waals surface area contributed by atoms with Gasteiger partial charge in [-0.1, -0.05) is 34.4 Å². The monoisotopic (exact) mass is 425 g/mol. The minimum atomic E-state index is -0.888. The van der Waals surface area contributed by atoms with Gasteiger partial charge in [-0.25, -0.2) is 4.79 Å². The summed E-state index contributed by atoms with van der Waals surface area (Å²) in [5.74, 6) is -0.430. The van der Waals surface area contributed by atoms with Crippen molar-refractivity contribution < 1.29 is 19.2 Å². The molecule has 0 radical (unpaired) electrons. The Labute approximate surface area is 172 Å². The number of urea groups is 1. The van der Waals surface area contributed by atoms with Crippen molar-refractivity contribution >= 4 is 35.2 Å². The Morgan fingerprint density at radius 1 is 1.25 bits per heavy atom. The molecule has 1 aliphatic rings. The molecule has 1 fully saturated rings. The summed E-state index contributed by atoms with van der Waals surface area (Å²) in [5, 5.41) is 14.1. The number of halogens is 2. The van der Waals surface area contributed by atoms with Crippen molar-refractivity contribution in [3.05, 3.63) is 50.8 Å². The van der Waals surface area contributed by atoms with E-state index in [2.05, 4.69) is 5.16 Å². The molecule has 0 aliphatic carbocycles. The number of carbonyl (C=O) groups excluding carboxylic acids is 1. The topological polar surface area (TPSA) is 86.9 Å². The fourth-order valence-electron chi connectivity index (χ4n) is 3.45. The lowest BCUT2D eigenvalue weighted by atomic mass is 10.0. The van der Waals surface area contributed by atoms with Gasteiger partial charge in [0.25, 0.3) is 0 Å². The van der Waals surface area contributed by atoms with Crippen molar-refractivity contribution in [2.45, 2.75) is 33.4 Å². The lowest BCUT2D eigenvalue weighted by Gasteiger charge is -2.40. The van der Waals surface area contributed by atoms with Crippen molar-refractivity contribution in [1.29, 1.82) is 0 Å². The summed E-state index contributed by atoms with van der Waals surface area (Å²) in [6, 6.07) is 4.95. The Kier molecular flexibility index (Phi) is 6.15. The van der Waals surface area contributed by atoms with Gasteiger partial charge < -0.3 is 19.4 Å². The lowest BCUT2D eigenvalue weighted by molar-refractivity contribution is -0.138. The van der Waals surface area contributed by atoms with E-state index >= 15 is 0 Å². The number of hydrogen-bond acceptors (Lipinski definition) is 4. The third-order valence-electron chi connectivity index (χ3n) is 4.87. The Bertz CT molecular complexity index is 880. The molecule has 1 atom stereocenters. The van der Waals surface area contributed by atoms with Gasteiger partial charge in [0.2, 0.25) is 0 Å². The molecule has 1 aromatic heterocycles. The van der Waals surface area contributed by atoms with Crippen LogP contribution in [0.5, 0.6) is 0 Å². The van der Waals surface area contributed by atoms with Gasteiger partial charge in [0, 0.05) is 41.2 Å². The molecule has 9 heteroatoms. The van der Waals surface area contributed by atoms with Crippen LogP contribution < -0.4 is 0 Å². The van der Waals surface area contributed by atoms with Crippen LogP contribution in [-0.4, -0.2) is 45.2 Å². The molecule has 0 bridgehead atoms. The van der Waals surface area contributed by atoms with E-state index in [0.717, 1.165) is 16.8 Å². The normalized spacial score (nSPS) is 17.3. The van der Waals surface area contributed by atoms with E-state index in [1.165, 1.54) is 0 Å². The third-order valence-corrected chi connectivity index (χ3v) is 5.45. The first-order chi connectivity index (χ1) is 13.2. The number of benzene rings is 1. The number of aryl methyl sites for hydroxylation is 2. The van der Waals surface area contributed by atoms with Crippen LogP contribution >= 0.6 is 23.2 Å². The van der Waals surface area contributed by atoms with Crippen LogP contribution in [0.25, 0.3) is 0 Å². The van der Waals surface area contributed by atoms with Gasteiger partial charge in [0.05, 0.1) is 18.7 Å². The largest absolute Gasteiger partial charge is 0.481 e. The molecular formula is C19H21Cl2N3O4. The van der Waals surface area contributed by atoms with Crippen LogP contribution in [0, 0.1) is 19.8 Å². The number of aliphatic carboxylic acids is 1. The standard InChI is InChI=1S/C19H21Cl2N3O4/c1-11-16(12(2)28-22-11)10-24-8-13(5-18(25)26)7-23(19(24)27)9-14-3-4-15(20)6-17(14)21/h3-4,6,13H,5,7-10H2,1-2H3,(H,25,26). The quantitative estimate of drug-likeness (QED) is 0.751. The van der Waals surface area contributed by atoms with Crippen molar-refractivity contribution in [3.8, 4) is 0 Å². The third kappa shape index (κ3) is 4.59. The predicted octanol–water partition coefficient (Wildman–Crippen LogP) is 4.13. The minimum Gasteiger partial charge on any atom is -0.481 e. The Morgan fingerprint density at radius 2 is 1.93 bits per heavy atom. The first-order valence-electron chi connectivity index (χ1n) is 8.86. The molecule has 150 valence electrons. The van der Waals surface area contributed by atoms with Crippen molar-refractivity contribution in [1.82, 2.24) is 15.0 Å². The van der Waals surface area contributed by atoms with E-state index in [0.29, 0.717) is 35.4 Å². The van der Waals surface area contributed by atoms with E-state index in [1.807, 2.05) is 6.92 Å². The van der Waals surface area contributed by atoms with Crippen LogP contribution in [-0.2, 0) is 17.9 Å².